The first-order valence-corrected chi connectivity index (χ1v) is 5.46. The number of nitrogens with two attached hydrogens (primary N) is 1. The number of nitrogens with zero attached hydrogens (tertiary/aromatic N) is 2. The van der Waals surface area contributed by atoms with E-state index in [4.69, 9.17) is 5.73 Å². The Kier molecular flexibility index (Phi) is 3.05. The molecule has 2 aromatic rings. The Morgan fingerprint density at radius 2 is 2.31 bits per heavy atom. The Morgan fingerprint density at radius 3 is 3.06 bits per heavy atom. The van der Waals surface area contributed by atoms with E-state index in [1.54, 1.807) is 0 Å². The van der Waals surface area contributed by atoms with Crippen LogP contribution in [0.2, 0.25) is 0 Å². The quantitative estimate of drug-likeness (QED) is 0.719. The summed E-state index contributed by atoms with van der Waals surface area (Å²) in [5.41, 5.74) is 8.74. The monoisotopic (exact) mass is 219 g/mol. The van der Waals surface area contributed by atoms with Crippen LogP contribution in [-0.2, 0) is 6.42 Å². The van der Waals surface area contributed by atoms with Gasteiger partial charge in [-0.2, -0.15) is 0 Å². The second kappa shape index (κ2) is 4.49. The maximum Gasteiger partial charge on any atom is 0.151 e. The molecule has 2 aromatic heterocycles. The lowest BCUT2D eigenvalue weighted by molar-refractivity contribution is 0.566. The molecule has 0 saturated heterocycles. The van der Waals surface area contributed by atoms with Gasteiger partial charge in [-0.05, 0) is 32.4 Å². The molecule has 86 valence electrons. The second-order valence-corrected chi connectivity index (χ2v) is 4.02. The van der Waals surface area contributed by atoms with Crippen molar-refractivity contribution in [2.24, 2.45) is 0 Å². The van der Waals surface area contributed by atoms with Gasteiger partial charge >= 0.3 is 0 Å². The fraction of sp³-hybridized carbons (Fsp3) is 0.455. The Bertz CT molecular complexity index is 476. The zero-order valence-electron chi connectivity index (χ0n) is 9.62. The summed E-state index contributed by atoms with van der Waals surface area (Å²) < 4.78 is 0. The highest BCUT2D eigenvalue weighted by molar-refractivity contribution is 5.86. The molecule has 1 atom stereocenters. The van der Waals surface area contributed by atoms with Gasteiger partial charge in [0.05, 0.1) is 5.52 Å². The third-order valence-corrected chi connectivity index (χ3v) is 2.91. The maximum atomic E-state index is 5.76. The standard InChI is InChI=1S/C11H17N5/c1-7(13-2)3-4-8-5-14-10-9(8)15-6-16-11(10)12/h5-7,13-14H,3-4H2,1-2H3,(H2,12,15,16). The lowest BCUT2D eigenvalue weighted by Gasteiger charge is -2.08. The third-order valence-electron chi connectivity index (χ3n) is 2.91. The zero-order chi connectivity index (χ0) is 11.5. The van der Waals surface area contributed by atoms with E-state index >= 15 is 0 Å². The number of anilines is 1. The van der Waals surface area contributed by atoms with E-state index in [-0.39, 0.29) is 0 Å². The number of rotatable bonds is 4. The molecule has 2 rings (SSSR count). The summed E-state index contributed by atoms with van der Waals surface area (Å²) in [6, 6.07) is 0.504. The predicted octanol–water partition coefficient (Wildman–Crippen LogP) is 1.08. The van der Waals surface area contributed by atoms with Crippen LogP contribution in [0.1, 0.15) is 18.9 Å². The van der Waals surface area contributed by atoms with Crippen molar-refractivity contribution in [1.29, 1.82) is 0 Å². The highest BCUT2D eigenvalue weighted by Gasteiger charge is 2.08. The SMILES string of the molecule is CNC(C)CCc1c[nH]c2c(N)ncnc12. The van der Waals surface area contributed by atoms with Gasteiger partial charge in [-0.15, -0.1) is 0 Å². The van der Waals surface area contributed by atoms with Crippen molar-refractivity contribution in [1.82, 2.24) is 20.3 Å². The summed E-state index contributed by atoms with van der Waals surface area (Å²) in [6.07, 6.45) is 5.54. The second-order valence-electron chi connectivity index (χ2n) is 4.02. The minimum Gasteiger partial charge on any atom is -0.382 e. The number of H-pyrrole nitrogens is 1. The number of fused-ring (bicyclic) bond motifs is 1. The topological polar surface area (TPSA) is 79.6 Å². The lowest BCUT2D eigenvalue weighted by atomic mass is 10.1. The Hall–Kier alpha value is -1.62. The third kappa shape index (κ3) is 1.99. The number of hydrogen-bond donors (Lipinski definition) is 3. The van der Waals surface area contributed by atoms with Crippen molar-refractivity contribution >= 4 is 16.9 Å². The van der Waals surface area contributed by atoms with Gasteiger partial charge in [-0.1, -0.05) is 0 Å². The molecule has 0 fully saturated rings. The molecular weight excluding hydrogens is 202 g/mol. The molecule has 0 amide bonds. The van der Waals surface area contributed by atoms with Gasteiger partial charge in [0, 0.05) is 12.2 Å². The molecule has 4 N–H and O–H groups in total. The fourth-order valence-corrected chi connectivity index (χ4v) is 1.72. The van der Waals surface area contributed by atoms with Crippen molar-refractivity contribution in [3.8, 4) is 0 Å². The van der Waals surface area contributed by atoms with Gasteiger partial charge in [0.2, 0.25) is 0 Å². The van der Waals surface area contributed by atoms with E-state index in [9.17, 15) is 0 Å². The van der Waals surface area contributed by atoms with Crippen LogP contribution in [0.3, 0.4) is 0 Å². The van der Waals surface area contributed by atoms with Crippen LogP contribution in [-0.4, -0.2) is 28.0 Å². The molecular formula is C11H17N5. The van der Waals surface area contributed by atoms with Crippen LogP contribution in [0.15, 0.2) is 12.5 Å². The molecule has 0 bridgehead atoms. The first kappa shape index (κ1) is 10.9. The molecule has 0 spiro atoms. The van der Waals surface area contributed by atoms with Crippen molar-refractivity contribution in [3.63, 3.8) is 0 Å². The van der Waals surface area contributed by atoms with Crippen molar-refractivity contribution in [2.75, 3.05) is 12.8 Å². The molecule has 0 aliphatic heterocycles. The van der Waals surface area contributed by atoms with Gasteiger partial charge < -0.3 is 16.0 Å². The molecule has 0 aromatic carbocycles. The molecule has 0 aliphatic rings. The maximum absolute atomic E-state index is 5.76. The number of aromatic nitrogens is 3. The molecule has 0 saturated carbocycles. The normalized spacial score (nSPS) is 13.1. The van der Waals surface area contributed by atoms with Gasteiger partial charge in [0.25, 0.3) is 0 Å². The van der Waals surface area contributed by atoms with Gasteiger partial charge in [-0.3, -0.25) is 0 Å². The van der Waals surface area contributed by atoms with Crippen LogP contribution in [0.4, 0.5) is 5.82 Å². The van der Waals surface area contributed by atoms with Crippen molar-refractivity contribution in [3.05, 3.63) is 18.1 Å². The summed E-state index contributed by atoms with van der Waals surface area (Å²) in [7, 11) is 1.97. The first-order chi connectivity index (χ1) is 7.72. The first-order valence-electron chi connectivity index (χ1n) is 5.46. The van der Waals surface area contributed by atoms with E-state index < -0.39 is 0 Å². The number of nitrogen functional groups attached to an aromatic ring is 1. The Morgan fingerprint density at radius 1 is 1.50 bits per heavy atom. The summed E-state index contributed by atoms with van der Waals surface area (Å²) in [5, 5.41) is 3.22. The molecule has 5 heteroatoms. The van der Waals surface area contributed by atoms with Crippen molar-refractivity contribution in [2.45, 2.75) is 25.8 Å². The van der Waals surface area contributed by atoms with Crippen LogP contribution < -0.4 is 11.1 Å². The van der Waals surface area contributed by atoms with Gasteiger partial charge in [-0.25, -0.2) is 9.97 Å². The summed E-state index contributed by atoms with van der Waals surface area (Å²) in [4.78, 5) is 11.3. The minimum atomic E-state index is 0.504. The molecule has 0 radical (unpaired) electrons. The molecule has 1 unspecified atom stereocenters. The van der Waals surface area contributed by atoms with Crippen LogP contribution in [0, 0.1) is 0 Å². The minimum absolute atomic E-state index is 0.504. The van der Waals surface area contributed by atoms with Gasteiger partial charge in [0.1, 0.15) is 11.8 Å². The zero-order valence-corrected chi connectivity index (χ0v) is 9.62. The Balaban J connectivity index is 2.22. The Labute approximate surface area is 94.5 Å². The summed E-state index contributed by atoms with van der Waals surface area (Å²) >= 11 is 0. The molecule has 16 heavy (non-hydrogen) atoms. The van der Waals surface area contributed by atoms with E-state index in [0.29, 0.717) is 11.9 Å². The van der Waals surface area contributed by atoms with Crippen molar-refractivity contribution < 1.29 is 0 Å². The van der Waals surface area contributed by atoms with E-state index in [1.165, 1.54) is 11.9 Å². The fourth-order valence-electron chi connectivity index (χ4n) is 1.72. The largest absolute Gasteiger partial charge is 0.382 e. The average Bonchev–Trinajstić information content (AvgIpc) is 2.70. The molecule has 5 nitrogen and oxygen atoms in total. The van der Waals surface area contributed by atoms with Crippen LogP contribution in [0.25, 0.3) is 11.0 Å². The van der Waals surface area contributed by atoms with Crippen LogP contribution >= 0.6 is 0 Å². The van der Waals surface area contributed by atoms with E-state index in [1.807, 2.05) is 13.2 Å². The number of hydrogen-bond acceptors (Lipinski definition) is 4. The lowest BCUT2D eigenvalue weighted by Crippen LogP contribution is -2.21. The van der Waals surface area contributed by atoms with E-state index in [2.05, 4.69) is 27.2 Å². The summed E-state index contributed by atoms with van der Waals surface area (Å²) in [5.74, 6) is 0.512. The molecule has 0 aliphatic carbocycles. The summed E-state index contributed by atoms with van der Waals surface area (Å²) in [6.45, 7) is 2.16. The average molecular weight is 219 g/mol. The number of nitrogens with one attached hydrogen (secondary N) is 2. The predicted molar refractivity (Wildman–Crippen MR) is 65.1 cm³/mol. The van der Waals surface area contributed by atoms with Crippen LogP contribution in [0.5, 0.6) is 0 Å². The van der Waals surface area contributed by atoms with Gasteiger partial charge in [0.15, 0.2) is 5.82 Å². The smallest absolute Gasteiger partial charge is 0.151 e. The van der Waals surface area contributed by atoms with E-state index in [0.717, 1.165) is 23.9 Å². The number of aromatic amines is 1. The highest BCUT2D eigenvalue weighted by Crippen LogP contribution is 2.20. The molecule has 2 heterocycles. The highest BCUT2D eigenvalue weighted by atomic mass is 14.9. The number of aryl methyl sites for hydroxylation is 1.